The largest absolute Gasteiger partial charge is 0.484 e. The Morgan fingerprint density at radius 1 is 1.29 bits per heavy atom. The standard InChI is InChI=1S/C15H12BrFN2O2/c16-12-2-1-3-14(8-12)21-10-15(20)19-18-9-11-4-6-13(17)7-5-11/h1-9H,10H2,(H,19,20)/b18-9-. The lowest BCUT2D eigenvalue weighted by Gasteiger charge is -2.04. The zero-order valence-electron chi connectivity index (χ0n) is 10.9. The summed E-state index contributed by atoms with van der Waals surface area (Å²) in [4.78, 5) is 11.5. The van der Waals surface area contributed by atoms with Crippen LogP contribution in [0.5, 0.6) is 5.75 Å². The summed E-state index contributed by atoms with van der Waals surface area (Å²) >= 11 is 3.31. The topological polar surface area (TPSA) is 50.7 Å². The van der Waals surface area contributed by atoms with Gasteiger partial charge in [0, 0.05) is 4.47 Å². The van der Waals surface area contributed by atoms with Crippen molar-refractivity contribution >= 4 is 28.1 Å². The summed E-state index contributed by atoms with van der Waals surface area (Å²) in [6, 6.07) is 12.9. The predicted molar refractivity (Wildman–Crippen MR) is 81.8 cm³/mol. The first-order valence-electron chi connectivity index (χ1n) is 6.09. The molecule has 6 heteroatoms. The van der Waals surface area contributed by atoms with Gasteiger partial charge >= 0.3 is 0 Å². The van der Waals surface area contributed by atoms with Gasteiger partial charge in [-0.2, -0.15) is 5.10 Å². The van der Waals surface area contributed by atoms with Crippen molar-refractivity contribution in [1.82, 2.24) is 5.43 Å². The SMILES string of the molecule is O=C(COc1cccc(Br)c1)N/N=C\c1ccc(F)cc1. The van der Waals surface area contributed by atoms with E-state index in [1.165, 1.54) is 18.3 Å². The van der Waals surface area contributed by atoms with E-state index in [1.807, 2.05) is 12.1 Å². The second-order valence-electron chi connectivity index (χ2n) is 4.09. The average molecular weight is 351 g/mol. The molecule has 0 aromatic heterocycles. The summed E-state index contributed by atoms with van der Waals surface area (Å²) in [5.41, 5.74) is 3.02. The lowest BCUT2D eigenvalue weighted by Crippen LogP contribution is -2.24. The van der Waals surface area contributed by atoms with Gasteiger partial charge in [-0.25, -0.2) is 9.82 Å². The molecule has 0 heterocycles. The first-order chi connectivity index (χ1) is 10.1. The third-order valence-corrected chi connectivity index (χ3v) is 2.93. The van der Waals surface area contributed by atoms with Gasteiger partial charge in [-0.05, 0) is 35.9 Å². The molecule has 1 N–H and O–H groups in total. The normalized spacial score (nSPS) is 10.6. The Hall–Kier alpha value is -2.21. The van der Waals surface area contributed by atoms with Crippen molar-refractivity contribution in [2.75, 3.05) is 6.61 Å². The number of amides is 1. The van der Waals surface area contributed by atoms with Crippen LogP contribution in [0.4, 0.5) is 4.39 Å². The zero-order chi connectivity index (χ0) is 15.1. The number of carbonyl (C=O) groups is 1. The molecule has 0 radical (unpaired) electrons. The molecule has 2 aromatic rings. The molecular weight excluding hydrogens is 339 g/mol. The maximum atomic E-state index is 12.7. The summed E-state index contributed by atoms with van der Waals surface area (Å²) in [7, 11) is 0. The highest BCUT2D eigenvalue weighted by Gasteiger charge is 2.01. The van der Waals surface area contributed by atoms with Crippen LogP contribution < -0.4 is 10.2 Å². The molecule has 0 unspecified atom stereocenters. The Labute approximate surface area is 129 Å². The first-order valence-corrected chi connectivity index (χ1v) is 6.88. The third kappa shape index (κ3) is 5.35. The van der Waals surface area contributed by atoms with Crippen LogP contribution in [0.25, 0.3) is 0 Å². The van der Waals surface area contributed by atoms with Crippen LogP contribution in [0.1, 0.15) is 5.56 Å². The van der Waals surface area contributed by atoms with Gasteiger partial charge in [0.2, 0.25) is 0 Å². The number of halogens is 2. The van der Waals surface area contributed by atoms with Gasteiger partial charge in [-0.15, -0.1) is 0 Å². The quantitative estimate of drug-likeness (QED) is 0.665. The van der Waals surface area contributed by atoms with E-state index in [4.69, 9.17) is 4.74 Å². The molecular formula is C15H12BrFN2O2. The second kappa shape index (κ2) is 7.54. The average Bonchev–Trinajstić information content (AvgIpc) is 2.47. The molecule has 0 saturated carbocycles. The smallest absolute Gasteiger partial charge is 0.277 e. The fourth-order valence-electron chi connectivity index (χ4n) is 1.47. The Bertz CT molecular complexity index is 644. The minimum Gasteiger partial charge on any atom is -0.484 e. The van der Waals surface area contributed by atoms with E-state index in [-0.39, 0.29) is 18.3 Å². The molecule has 2 rings (SSSR count). The Balaban J connectivity index is 1.78. The molecule has 0 aliphatic heterocycles. The number of hydrogen-bond donors (Lipinski definition) is 1. The number of hydrogen-bond acceptors (Lipinski definition) is 3. The van der Waals surface area contributed by atoms with Crippen molar-refractivity contribution in [2.45, 2.75) is 0 Å². The van der Waals surface area contributed by atoms with Crippen LogP contribution in [0, 0.1) is 5.82 Å². The maximum absolute atomic E-state index is 12.7. The van der Waals surface area contributed by atoms with Gasteiger partial charge in [0.05, 0.1) is 6.21 Å². The van der Waals surface area contributed by atoms with Crippen LogP contribution in [0.2, 0.25) is 0 Å². The molecule has 0 aliphatic carbocycles. The number of carbonyl (C=O) groups excluding carboxylic acids is 1. The molecule has 4 nitrogen and oxygen atoms in total. The van der Waals surface area contributed by atoms with E-state index < -0.39 is 0 Å². The second-order valence-corrected chi connectivity index (χ2v) is 5.01. The molecule has 0 fully saturated rings. The maximum Gasteiger partial charge on any atom is 0.277 e. The molecule has 21 heavy (non-hydrogen) atoms. The van der Waals surface area contributed by atoms with Gasteiger partial charge in [-0.3, -0.25) is 4.79 Å². The van der Waals surface area contributed by atoms with Gasteiger partial charge < -0.3 is 4.74 Å². The summed E-state index contributed by atoms with van der Waals surface area (Å²) < 4.78 is 18.9. The number of hydrazone groups is 1. The van der Waals surface area contributed by atoms with Crippen LogP contribution in [0.3, 0.4) is 0 Å². The van der Waals surface area contributed by atoms with Crippen LogP contribution in [-0.2, 0) is 4.79 Å². The molecule has 0 atom stereocenters. The van der Waals surface area contributed by atoms with E-state index >= 15 is 0 Å². The number of nitrogens with zero attached hydrogens (tertiary/aromatic N) is 1. The van der Waals surface area contributed by atoms with Crippen molar-refractivity contribution in [2.24, 2.45) is 5.10 Å². The van der Waals surface area contributed by atoms with Crippen LogP contribution >= 0.6 is 15.9 Å². The predicted octanol–water partition coefficient (Wildman–Crippen LogP) is 3.12. The van der Waals surface area contributed by atoms with Crippen molar-refractivity contribution in [3.8, 4) is 5.75 Å². The lowest BCUT2D eigenvalue weighted by molar-refractivity contribution is -0.123. The molecule has 0 aliphatic rings. The first kappa shape index (κ1) is 15.2. The summed E-state index contributed by atoms with van der Waals surface area (Å²) in [6.45, 7) is -0.142. The van der Waals surface area contributed by atoms with Crippen molar-refractivity contribution in [1.29, 1.82) is 0 Å². The van der Waals surface area contributed by atoms with E-state index in [2.05, 4.69) is 26.5 Å². The monoisotopic (exact) mass is 350 g/mol. The molecule has 2 aromatic carbocycles. The van der Waals surface area contributed by atoms with Crippen molar-refractivity contribution < 1.29 is 13.9 Å². The lowest BCUT2D eigenvalue weighted by atomic mass is 10.2. The van der Waals surface area contributed by atoms with Gasteiger partial charge in [0.1, 0.15) is 11.6 Å². The Kier molecular flexibility index (Phi) is 5.45. The van der Waals surface area contributed by atoms with Gasteiger partial charge in [0.15, 0.2) is 6.61 Å². The number of ether oxygens (including phenoxy) is 1. The molecule has 0 spiro atoms. The highest BCUT2D eigenvalue weighted by Crippen LogP contribution is 2.17. The minimum atomic E-state index is -0.381. The molecule has 108 valence electrons. The fraction of sp³-hybridized carbons (Fsp3) is 0.0667. The molecule has 0 saturated heterocycles. The molecule has 1 amide bonds. The summed E-state index contributed by atoms with van der Waals surface area (Å²) in [5.74, 6) is -0.117. The van der Waals surface area contributed by atoms with Gasteiger partial charge in [0.25, 0.3) is 5.91 Å². The van der Waals surface area contributed by atoms with E-state index in [9.17, 15) is 9.18 Å². The Morgan fingerprint density at radius 2 is 2.05 bits per heavy atom. The third-order valence-electron chi connectivity index (χ3n) is 2.44. The van der Waals surface area contributed by atoms with Crippen molar-refractivity contribution in [3.05, 3.63) is 64.4 Å². The zero-order valence-corrected chi connectivity index (χ0v) is 12.5. The number of benzene rings is 2. The summed E-state index contributed by atoms with van der Waals surface area (Å²) in [5, 5.41) is 3.76. The van der Waals surface area contributed by atoms with E-state index in [0.717, 1.165) is 4.47 Å². The van der Waals surface area contributed by atoms with Gasteiger partial charge in [-0.1, -0.05) is 34.1 Å². The number of rotatable bonds is 5. The van der Waals surface area contributed by atoms with Crippen molar-refractivity contribution in [3.63, 3.8) is 0 Å². The highest BCUT2D eigenvalue weighted by molar-refractivity contribution is 9.10. The van der Waals surface area contributed by atoms with Crippen LogP contribution in [0.15, 0.2) is 58.1 Å². The fourth-order valence-corrected chi connectivity index (χ4v) is 1.84. The molecule has 0 bridgehead atoms. The minimum absolute atomic E-state index is 0.142. The summed E-state index contributed by atoms with van der Waals surface area (Å²) in [6.07, 6.45) is 1.43. The highest BCUT2D eigenvalue weighted by atomic mass is 79.9. The van der Waals surface area contributed by atoms with E-state index in [1.54, 1.807) is 24.3 Å². The van der Waals surface area contributed by atoms with Crippen LogP contribution in [-0.4, -0.2) is 18.7 Å². The Morgan fingerprint density at radius 3 is 2.76 bits per heavy atom. The number of nitrogens with one attached hydrogen (secondary N) is 1. The van der Waals surface area contributed by atoms with E-state index in [0.29, 0.717) is 11.3 Å².